The van der Waals surface area contributed by atoms with Gasteiger partial charge in [-0.2, -0.15) is 0 Å². The van der Waals surface area contributed by atoms with E-state index in [1.807, 2.05) is 13.0 Å². The molecule has 1 N–H and O–H groups in total. The summed E-state index contributed by atoms with van der Waals surface area (Å²) in [6.07, 6.45) is 1.66. The molecule has 2 amide bonds. The van der Waals surface area contributed by atoms with Gasteiger partial charge in [-0.05, 0) is 43.9 Å². The number of ether oxygens (including phenoxy) is 2. The number of Topliss-reactive ketones (excluding diaryl/α,β-unsaturated/α-hetero) is 1. The van der Waals surface area contributed by atoms with Crippen molar-refractivity contribution >= 4 is 35.1 Å². The summed E-state index contributed by atoms with van der Waals surface area (Å²) in [7, 11) is 0. The number of hydrogen-bond donors (Lipinski definition) is 1. The van der Waals surface area contributed by atoms with Gasteiger partial charge in [-0.25, -0.2) is 9.69 Å². The van der Waals surface area contributed by atoms with E-state index in [0.29, 0.717) is 24.0 Å². The van der Waals surface area contributed by atoms with Crippen LogP contribution in [0.2, 0.25) is 0 Å². The normalized spacial score (nSPS) is 16.6. The van der Waals surface area contributed by atoms with Crippen LogP contribution < -0.4 is 0 Å². The second kappa shape index (κ2) is 15.0. The predicted molar refractivity (Wildman–Crippen MR) is 151 cm³/mol. The van der Waals surface area contributed by atoms with Crippen LogP contribution in [0.1, 0.15) is 68.7 Å². The Balaban J connectivity index is 1.91. The van der Waals surface area contributed by atoms with Crippen molar-refractivity contribution in [2.45, 2.75) is 65.0 Å². The maximum atomic E-state index is 13.6. The third-order valence-corrected chi connectivity index (χ3v) is 6.94. The van der Waals surface area contributed by atoms with Crippen molar-refractivity contribution in [3.8, 4) is 0 Å². The first-order chi connectivity index (χ1) is 19.6. The van der Waals surface area contributed by atoms with Crippen molar-refractivity contribution in [3.05, 3.63) is 77.4 Å². The number of aliphatic hydroxyl groups is 1. The molecule has 1 heterocycles. The molecule has 2 aromatic carbocycles. The molecule has 0 unspecified atom stereocenters. The van der Waals surface area contributed by atoms with Crippen LogP contribution in [0.25, 0.3) is 5.57 Å². The standard InChI is InChI=1S/C32H37NO8/c1-21-12-11-15-25(18-21)26(28(36)16-9-4-5-10-17-34)19-29(37)30(41-23(3)35)22(2)31(38)33-27(20-40-32(33)39)24-13-7-6-8-14-24/h6-8,11-15,18-19,22,27,30,34H,4-5,9-10,16-17,20H2,1-3H3/t22-,27+,30-/m0/s1. The van der Waals surface area contributed by atoms with E-state index in [0.717, 1.165) is 36.3 Å². The number of ketones is 2. The van der Waals surface area contributed by atoms with Crippen LogP contribution >= 0.6 is 0 Å². The van der Waals surface area contributed by atoms with Crippen molar-refractivity contribution in [1.29, 1.82) is 0 Å². The minimum absolute atomic E-state index is 0.0439. The number of aliphatic hydroxyl groups excluding tert-OH is 1. The Morgan fingerprint density at radius 1 is 1.05 bits per heavy atom. The first-order valence-corrected chi connectivity index (χ1v) is 13.8. The number of nitrogens with zero attached hydrogens (tertiary/aromatic N) is 1. The van der Waals surface area contributed by atoms with Crippen LogP contribution in [0.15, 0.2) is 60.7 Å². The van der Waals surface area contributed by atoms with E-state index in [4.69, 9.17) is 14.6 Å². The minimum atomic E-state index is -1.57. The number of allylic oxidation sites excluding steroid dienone is 1. The van der Waals surface area contributed by atoms with Crippen molar-refractivity contribution in [3.63, 3.8) is 0 Å². The Bertz CT molecular complexity index is 1290. The average molecular weight is 564 g/mol. The van der Waals surface area contributed by atoms with Gasteiger partial charge in [0.05, 0.1) is 5.92 Å². The fraction of sp³-hybridized carbons (Fsp3) is 0.406. The highest BCUT2D eigenvalue weighted by Crippen LogP contribution is 2.31. The lowest BCUT2D eigenvalue weighted by Crippen LogP contribution is -2.45. The second-order valence-corrected chi connectivity index (χ2v) is 10.2. The molecule has 9 heteroatoms. The molecule has 3 atom stereocenters. The van der Waals surface area contributed by atoms with E-state index < -0.39 is 41.8 Å². The summed E-state index contributed by atoms with van der Waals surface area (Å²) in [6, 6.07) is 15.3. The number of unbranched alkanes of at least 4 members (excludes halogenated alkanes) is 3. The molecule has 0 aromatic heterocycles. The Kier molecular flexibility index (Phi) is 11.5. The number of carbonyl (C=O) groups excluding carboxylic acids is 5. The number of benzene rings is 2. The van der Waals surface area contributed by atoms with E-state index in [9.17, 15) is 24.0 Å². The predicted octanol–water partition coefficient (Wildman–Crippen LogP) is 4.75. The maximum Gasteiger partial charge on any atom is 0.417 e. The Labute approximate surface area is 240 Å². The number of hydrogen-bond acceptors (Lipinski definition) is 8. The third-order valence-electron chi connectivity index (χ3n) is 6.94. The number of amides is 2. The molecule has 218 valence electrons. The zero-order valence-electron chi connectivity index (χ0n) is 23.7. The molecule has 0 radical (unpaired) electrons. The van der Waals surface area contributed by atoms with Crippen molar-refractivity contribution in [2.75, 3.05) is 13.2 Å². The summed E-state index contributed by atoms with van der Waals surface area (Å²) in [6.45, 7) is 4.44. The zero-order chi connectivity index (χ0) is 29.9. The fourth-order valence-corrected chi connectivity index (χ4v) is 4.77. The fourth-order valence-electron chi connectivity index (χ4n) is 4.77. The molecule has 1 aliphatic heterocycles. The topological polar surface area (TPSA) is 127 Å². The van der Waals surface area contributed by atoms with Gasteiger partial charge in [0.25, 0.3) is 0 Å². The van der Waals surface area contributed by atoms with Crippen LogP contribution in [0.5, 0.6) is 0 Å². The largest absolute Gasteiger partial charge is 0.453 e. The van der Waals surface area contributed by atoms with Gasteiger partial charge in [-0.1, -0.05) is 73.0 Å². The highest BCUT2D eigenvalue weighted by molar-refractivity contribution is 6.25. The van der Waals surface area contributed by atoms with E-state index in [1.54, 1.807) is 48.5 Å². The third kappa shape index (κ3) is 8.44. The quantitative estimate of drug-likeness (QED) is 0.198. The van der Waals surface area contributed by atoms with Gasteiger partial charge in [0, 0.05) is 25.5 Å². The first kappa shape index (κ1) is 31.4. The molecule has 9 nitrogen and oxygen atoms in total. The van der Waals surface area contributed by atoms with Gasteiger partial charge in [0.2, 0.25) is 5.91 Å². The summed E-state index contributed by atoms with van der Waals surface area (Å²) in [5, 5.41) is 8.99. The summed E-state index contributed by atoms with van der Waals surface area (Å²) in [5.41, 5.74) is 2.25. The van der Waals surface area contributed by atoms with E-state index in [2.05, 4.69) is 0 Å². The molecule has 0 spiro atoms. The van der Waals surface area contributed by atoms with Gasteiger partial charge in [0.1, 0.15) is 12.6 Å². The Morgan fingerprint density at radius 3 is 2.41 bits per heavy atom. The summed E-state index contributed by atoms with van der Waals surface area (Å²) >= 11 is 0. The zero-order valence-corrected chi connectivity index (χ0v) is 23.7. The number of rotatable bonds is 14. The lowest BCUT2D eigenvalue weighted by molar-refractivity contribution is -0.158. The Hall–Kier alpha value is -4.11. The van der Waals surface area contributed by atoms with Crippen molar-refractivity contribution in [1.82, 2.24) is 4.90 Å². The van der Waals surface area contributed by atoms with E-state index in [-0.39, 0.29) is 31.0 Å². The van der Waals surface area contributed by atoms with Gasteiger partial charge in [0.15, 0.2) is 17.7 Å². The molecule has 0 aliphatic carbocycles. The van der Waals surface area contributed by atoms with E-state index >= 15 is 0 Å². The molecule has 1 saturated heterocycles. The lowest BCUT2D eigenvalue weighted by atomic mass is 9.92. The van der Waals surface area contributed by atoms with E-state index in [1.165, 1.54) is 6.92 Å². The molecule has 0 saturated carbocycles. The molecular formula is C32H37NO8. The van der Waals surface area contributed by atoms with Crippen LogP contribution in [-0.4, -0.2) is 58.9 Å². The molecule has 2 aromatic rings. The SMILES string of the molecule is CC(=O)O[C@H](C(=O)C=C(C(=O)CCCCCCO)c1cccc(C)c1)[C@H](C)C(=O)N1C(=O)OC[C@@H]1c1ccccc1. The van der Waals surface area contributed by atoms with Gasteiger partial charge in [-0.3, -0.25) is 19.2 Å². The molecule has 41 heavy (non-hydrogen) atoms. The second-order valence-electron chi connectivity index (χ2n) is 10.2. The number of esters is 1. The number of imide groups is 1. The minimum Gasteiger partial charge on any atom is -0.453 e. The molecule has 1 aliphatic rings. The number of carbonyl (C=O) groups is 5. The van der Waals surface area contributed by atoms with Crippen LogP contribution in [-0.2, 0) is 28.7 Å². The molecule has 3 rings (SSSR count). The van der Waals surface area contributed by atoms with Gasteiger partial charge in [-0.15, -0.1) is 0 Å². The van der Waals surface area contributed by atoms with Gasteiger partial charge >= 0.3 is 12.1 Å². The summed E-state index contributed by atoms with van der Waals surface area (Å²) < 4.78 is 10.5. The van der Waals surface area contributed by atoms with Gasteiger partial charge < -0.3 is 14.6 Å². The first-order valence-electron chi connectivity index (χ1n) is 13.8. The highest BCUT2D eigenvalue weighted by atomic mass is 16.6. The summed E-state index contributed by atoms with van der Waals surface area (Å²) in [4.78, 5) is 66.1. The lowest BCUT2D eigenvalue weighted by Gasteiger charge is -2.27. The van der Waals surface area contributed by atoms with Crippen LogP contribution in [0, 0.1) is 12.8 Å². The maximum absolute atomic E-state index is 13.6. The van der Waals surface area contributed by atoms with Crippen molar-refractivity contribution < 1.29 is 38.6 Å². The smallest absolute Gasteiger partial charge is 0.417 e. The average Bonchev–Trinajstić information content (AvgIpc) is 3.35. The van der Waals surface area contributed by atoms with Crippen LogP contribution in [0.3, 0.4) is 0 Å². The molecule has 1 fully saturated rings. The number of cyclic esters (lactones) is 1. The van der Waals surface area contributed by atoms with Crippen molar-refractivity contribution in [2.24, 2.45) is 5.92 Å². The number of aryl methyl sites for hydroxylation is 1. The molecule has 0 bridgehead atoms. The monoisotopic (exact) mass is 563 g/mol. The van der Waals surface area contributed by atoms with Crippen LogP contribution in [0.4, 0.5) is 4.79 Å². The summed E-state index contributed by atoms with van der Waals surface area (Å²) in [5.74, 6) is -3.77. The highest BCUT2D eigenvalue weighted by Gasteiger charge is 2.44. The Morgan fingerprint density at radius 2 is 1.76 bits per heavy atom. The molecular weight excluding hydrogens is 526 g/mol.